The van der Waals surface area contributed by atoms with E-state index in [4.69, 9.17) is 11.6 Å². The molecule has 0 radical (unpaired) electrons. The smallest absolute Gasteiger partial charge is 0.255 e. The molecule has 2 atom stereocenters. The minimum atomic E-state index is -3.60. The van der Waals surface area contributed by atoms with Gasteiger partial charge in [-0.25, -0.2) is 12.8 Å². The third kappa shape index (κ3) is 5.71. The van der Waals surface area contributed by atoms with Crippen LogP contribution in [0.4, 0.5) is 10.1 Å². The summed E-state index contributed by atoms with van der Waals surface area (Å²) in [5.74, 6) is -0.754. The second kappa shape index (κ2) is 9.99. The molecule has 5 rings (SSSR count). The second-order valence-corrected chi connectivity index (χ2v) is 15.3. The lowest BCUT2D eigenvalue weighted by atomic mass is 10.0. The topological polar surface area (TPSA) is 95.7 Å². The van der Waals surface area contributed by atoms with Gasteiger partial charge >= 0.3 is 0 Å². The molecule has 2 aliphatic heterocycles. The van der Waals surface area contributed by atoms with E-state index in [1.165, 1.54) is 12.1 Å². The van der Waals surface area contributed by atoms with Gasteiger partial charge in [0, 0.05) is 30.6 Å². The normalized spacial score (nSPS) is 20.0. The largest absolute Gasteiger partial charge is 0.389 e. The van der Waals surface area contributed by atoms with Crippen LogP contribution in [0.3, 0.4) is 0 Å². The molecule has 40 heavy (non-hydrogen) atoms. The third-order valence-electron chi connectivity index (χ3n) is 7.42. The average molecular weight is 591 g/mol. The van der Waals surface area contributed by atoms with Crippen LogP contribution in [0.1, 0.15) is 57.8 Å². The number of anilines is 1. The van der Waals surface area contributed by atoms with E-state index < -0.39 is 26.7 Å². The van der Waals surface area contributed by atoms with Gasteiger partial charge in [-0.05, 0) is 62.4 Å². The summed E-state index contributed by atoms with van der Waals surface area (Å²) < 4.78 is 42.4. The van der Waals surface area contributed by atoms with Crippen molar-refractivity contribution in [3.8, 4) is 0 Å². The van der Waals surface area contributed by atoms with E-state index in [-0.39, 0.29) is 45.8 Å². The molecule has 3 aromatic rings. The van der Waals surface area contributed by atoms with Gasteiger partial charge in [0.1, 0.15) is 5.82 Å². The first-order valence-electron chi connectivity index (χ1n) is 13.5. The lowest BCUT2D eigenvalue weighted by molar-refractivity contribution is 0.0590. The number of carbonyl (C=O) groups is 1. The molecule has 2 bridgehead atoms. The van der Waals surface area contributed by atoms with E-state index in [0.29, 0.717) is 18.5 Å². The molecule has 0 aliphatic carbocycles. The number of likely N-dealkylation sites (tertiary alicyclic amines) is 1. The third-order valence-corrected chi connectivity index (χ3v) is 9.93. The first-order chi connectivity index (χ1) is 18.5. The van der Waals surface area contributed by atoms with Gasteiger partial charge in [-0.2, -0.15) is 5.10 Å². The fraction of sp³-hybridized carbons (Fsp3) is 0.517. The predicted molar refractivity (Wildman–Crippen MR) is 154 cm³/mol. The predicted octanol–water partition coefficient (Wildman–Crippen LogP) is 4.91. The molecule has 2 aliphatic rings. The second-order valence-electron chi connectivity index (χ2n) is 12.9. The number of sulfone groups is 1. The Morgan fingerprint density at radius 3 is 2.33 bits per heavy atom. The van der Waals surface area contributed by atoms with Crippen molar-refractivity contribution < 1.29 is 22.7 Å². The van der Waals surface area contributed by atoms with Crippen LogP contribution in [0.15, 0.2) is 41.4 Å². The number of hydrogen-bond donors (Lipinski definition) is 1. The zero-order chi connectivity index (χ0) is 29.2. The summed E-state index contributed by atoms with van der Waals surface area (Å²) in [6.45, 7) is 10.2. The van der Waals surface area contributed by atoms with Crippen molar-refractivity contribution in [2.45, 2.75) is 76.6 Å². The molecule has 1 aromatic heterocycles. The van der Waals surface area contributed by atoms with Crippen LogP contribution >= 0.6 is 11.6 Å². The van der Waals surface area contributed by atoms with Crippen molar-refractivity contribution in [2.75, 3.05) is 23.7 Å². The fourth-order valence-electron chi connectivity index (χ4n) is 6.00. The number of benzene rings is 2. The Kier molecular flexibility index (Phi) is 7.20. The van der Waals surface area contributed by atoms with Gasteiger partial charge < -0.3 is 14.9 Å². The van der Waals surface area contributed by atoms with Crippen molar-refractivity contribution in [1.29, 1.82) is 0 Å². The first-order valence-corrected chi connectivity index (χ1v) is 15.5. The standard InChI is InChI=1S/C29H36ClFN4O4S/c1-28(2,3)17-40(38,39)22-10-18-13-32-34(16-29(4,5)37)26(18)25(12-22)35-20-7-8-21(35)15-33(14-20)27(36)23-9-6-19(31)11-24(23)30/h6,9-13,20-21,37H,7-8,14-17H2,1-5H3. The molecule has 1 amide bonds. The molecular weight excluding hydrogens is 555 g/mol. The van der Waals surface area contributed by atoms with E-state index in [2.05, 4.69) is 10.00 Å². The SMILES string of the molecule is CC(C)(C)CS(=O)(=O)c1cc(N2C3CCC2CN(C(=O)c2ccc(F)cc2Cl)C3)c2c(cnn2CC(C)(C)O)c1. The number of carbonyl (C=O) groups excluding carboxylic acids is 1. The molecule has 2 fully saturated rings. The quantitative estimate of drug-likeness (QED) is 0.438. The monoisotopic (exact) mass is 590 g/mol. The molecule has 3 heterocycles. The van der Waals surface area contributed by atoms with E-state index in [0.717, 1.165) is 30.1 Å². The summed E-state index contributed by atoms with van der Waals surface area (Å²) in [4.78, 5) is 17.6. The van der Waals surface area contributed by atoms with Gasteiger partial charge in [-0.3, -0.25) is 9.48 Å². The lowest BCUT2D eigenvalue weighted by Gasteiger charge is -2.43. The highest BCUT2D eigenvalue weighted by Crippen LogP contribution is 2.41. The average Bonchev–Trinajstić information content (AvgIpc) is 3.32. The van der Waals surface area contributed by atoms with Crippen LogP contribution in [-0.4, -0.2) is 70.6 Å². The lowest BCUT2D eigenvalue weighted by Crippen LogP contribution is -2.55. The van der Waals surface area contributed by atoms with Gasteiger partial charge in [-0.15, -0.1) is 0 Å². The molecule has 8 nitrogen and oxygen atoms in total. The van der Waals surface area contributed by atoms with E-state index in [1.54, 1.807) is 41.8 Å². The number of aliphatic hydroxyl groups is 1. The molecule has 2 aromatic carbocycles. The number of amides is 1. The Hall–Kier alpha value is -2.69. The number of hydrogen-bond acceptors (Lipinski definition) is 6. The molecular formula is C29H36ClFN4O4S. The summed E-state index contributed by atoms with van der Waals surface area (Å²) in [5.41, 5.74) is 0.301. The summed E-state index contributed by atoms with van der Waals surface area (Å²) in [6.07, 6.45) is 3.30. The highest BCUT2D eigenvalue weighted by Gasteiger charge is 2.43. The zero-order valence-electron chi connectivity index (χ0n) is 23.5. The number of piperazine rings is 1. The van der Waals surface area contributed by atoms with Crippen LogP contribution in [-0.2, 0) is 16.4 Å². The summed E-state index contributed by atoms with van der Waals surface area (Å²) >= 11 is 6.20. The molecule has 216 valence electrons. The first kappa shape index (κ1) is 28.8. The molecule has 2 saturated heterocycles. The maximum absolute atomic E-state index is 13.6. The van der Waals surface area contributed by atoms with Gasteiger partial charge in [0.05, 0.1) is 50.8 Å². The van der Waals surface area contributed by atoms with Crippen LogP contribution in [0.5, 0.6) is 0 Å². The molecule has 11 heteroatoms. The minimum Gasteiger partial charge on any atom is -0.389 e. The van der Waals surface area contributed by atoms with Gasteiger partial charge in [0.2, 0.25) is 0 Å². The van der Waals surface area contributed by atoms with Crippen molar-refractivity contribution in [3.05, 3.63) is 52.9 Å². The van der Waals surface area contributed by atoms with Crippen molar-refractivity contribution in [1.82, 2.24) is 14.7 Å². The number of fused-ring (bicyclic) bond motifs is 3. The number of rotatable bonds is 6. The van der Waals surface area contributed by atoms with Crippen molar-refractivity contribution in [3.63, 3.8) is 0 Å². The number of nitrogens with zero attached hydrogens (tertiary/aromatic N) is 4. The van der Waals surface area contributed by atoms with E-state index in [9.17, 15) is 22.7 Å². The highest BCUT2D eigenvalue weighted by atomic mass is 35.5. The Morgan fingerprint density at radius 2 is 1.75 bits per heavy atom. The summed E-state index contributed by atoms with van der Waals surface area (Å²) in [5, 5.41) is 15.9. The highest BCUT2D eigenvalue weighted by molar-refractivity contribution is 7.91. The van der Waals surface area contributed by atoms with Crippen molar-refractivity contribution in [2.24, 2.45) is 5.41 Å². The van der Waals surface area contributed by atoms with Gasteiger partial charge in [-0.1, -0.05) is 32.4 Å². The molecule has 2 unspecified atom stereocenters. The van der Waals surface area contributed by atoms with E-state index >= 15 is 0 Å². The van der Waals surface area contributed by atoms with Crippen LogP contribution < -0.4 is 4.90 Å². The molecule has 0 spiro atoms. The van der Waals surface area contributed by atoms with E-state index in [1.807, 2.05) is 20.8 Å². The van der Waals surface area contributed by atoms with Crippen LogP contribution in [0.25, 0.3) is 10.9 Å². The number of halogens is 2. The van der Waals surface area contributed by atoms with Crippen LogP contribution in [0, 0.1) is 11.2 Å². The summed E-state index contributed by atoms with van der Waals surface area (Å²) in [7, 11) is -3.60. The minimum absolute atomic E-state index is 0.00365. The maximum Gasteiger partial charge on any atom is 0.255 e. The van der Waals surface area contributed by atoms with Gasteiger partial charge in [0.25, 0.3) is 5.91 Å². The molecule has 1 N–H and O–H groups in total. The zero-order valence-corrected chi connectivity index (χ0v) is 25.1. The maximum atomic E-state index is 13.6. The fourth-order valence-corrected chi connectivity index (χ4v) is 8.15. The Labute approximate surface area is 239 Å². The Morgan fingerprint density at radius 1 is 1.10 bits per heavy atom. The van der Waals surface area contributed by atoms with Gasteiger partial charge in [0.15, 0.2) is 9.84 Å². The van der Waals surface area contributed by atoms with Crippen LogP contribution in [0.2, 0.25) is 5.02 Å². The summed E-state index contributed by atoms with van der Waals surface area (Å²) in [6, 6.07) is 7.08. The number of aromatic nitrogens is 2. The molecule has 0 saturated carbocycles. The Bertz CT molecular complexity index is 1560. The Balaban J connectivity index is 1.56. The van der Waals surface area contributed by atoms with Crippen molar-refractivity contribution >= 4 is 43.9 Å².